The average molecular weight is 493 g/mol. The molecule has 2 aliphatic heterocycles. The van der Waals surface area contributed by atoms with Gasteiger partial charge < -0.3 is 22.1 Å². The van der Waals surface area contributed by atoms with Crippen LogP contribution in [0, 0.1) is 0 Å². The van der Waals surface area contributed by atoms with Crippen LogP contribution in [-0.4, -0.2) is 33.8 Å². The normalized spacial score (nSPS) is 19.1. The molecule has 2 atom stereocenters. The summed E-state index contributed by atoms with van der Waals surface area (Å²) in [6.45, 7) is 7.94. The molecule has 1 aromatic carbocycles. The molecule has 166 valence electrons. The lowest BCUT2D eigenvalue weighted by Gasteiger charge is -2.36. The van der Waals surface area contributed by atoms with Gasteiger partial charge in [-0.1, -0.05) is 41.4 Å². The molecule has 0 radical (unpaired) electrons. The summed E-state index contributed by atoms with van der Waals surface area (Å²) >= 11 is 19.3. The van der Waals surface area contributed by atoms with E-state index >= 15 is 0 Å². The zero-order valence-electron chi connectivity index (χ0n) is 17.2. The molecule has 0 bridgehead atoms. The van der Waals surface area contributed by atoms with Crippen molar-refractivity contribution in [3.63, 3.8) is 0 Å². The molecule has 2 aromatic rings. The van der Waals surface area contributed by atoms with Crippen LogP contribution in [0.5, 0.6) is 0 Å². The second-order valence-electron chi connectivity index (χ2n) is 7.18. The molecular weight excluding hydrogens is 473 g/mol. The molecule has 1 unspecified atom stereocenters. The van der Waals surface area contributed by atoms with Crippen LogP contribution in [0.1, 0.15) is 19.4 Å². The second kappa shape index (κ2) is 8.59. The lowest BCUT2D eigenvalue weighted by atomic mass is 10.0. The number of hydrogen-bond donors (Lipinski definition) is 4. The van der Waals surface area contributed by atoms with Crippen molar-refractivity contribution in [3.05, 3.63) is 57.6 Å². The number of aromatic nitrogens is 2. The van der Waals surface area contributed by atoms with Gasteiger partial charge in [0.05, 0.1) is 44.9 Å². The molecular formula is C20H20Cl3N9. The molecule has 9 nitrogen and oxygen atoms in total. The van der Waals surface area contributed by atoms with Gasteiger partial charge in [0, 0.05) is 5.56 Å². The van der Waals surface area contributed by atoms with Crippen molar-refractivity contribution >= 4 is 69.5 Å². The van der Waals surface area contributed by atoms with E-state index in [1.165, 1.54) is 12.4 Å². The Hall–Kier alpha value is -2.85. The van der Waals surface area contributed by atoms with Crippen LogP contribution in [0.3, 0.4) is 0 Å². The first-order valence-electron chi connectivity index (χ1n) is 9.54. The number of anilines is 2. The first kappa shape index (κ1) is 22.3. The maximum Gasteiger partial charge on any atom is 0.157 e. The van der Waals surface area contributed by atoms with Gasteiger partial charge in [-0.05, 0) is 26.0 Å². The molecule has 0 amide bonds. The summed E-state index contributed by atoms with van der Waals surface area (Å²) in [5, 5.41) is 7.66. The van der Waals surface area contributed by atoms with E-state index in [-0.39, 0.29) is 5.82 Å². The van der Waals surface area contributed by atoms with E-state index in [0.29, 0.717) is 55.3 Å². The summed E-state index contributed by atoms with van der Waals surface area (Å²) < 4.78 is 0. The van der Waals surface area contributed by atoms with Crippen LogP contribution in [0.4, 0.5) is 17.3 Å². The van der Waals surface area contributed by atoms with E-state index in [9.17, 15) is 0 Å². The van der Waals surface area contributed by atoms with Crippen LogP contribution >= 0.6 is 34.8 Å². The quantitative estimate of drug-likeness (QED) is 0.513. The van der Waals surface area contributed by atoms with Crippen molar-refractivity contribution in [2.45, 2.75) is 26.1 Å². The first-order chi connectivity index (χ1) is 15.2. The minimum absolute atomic E-state index is 0.287. The number of nitrogens with one attached hydrogen (secondary N) is 2. The fourth-order valence-corrected chi connectivity index (χ4v) is 4.02. The third-order valence-electron chi connectivity index (χ3n) is 4.86. The fraction of sp³-hybridized carbons (Fsp3) is 0.200. The highest BCUT2D eigenvalue weighted by atomic mass is 35.5. The van der Waals surface area contributed by atoms with E-state index in [1.807, 2.05) is 6.92 Å². The highest BCUT2D eigenvalue weighted by Crippen LogP contribution is 2.44. The predicted octanol–water partition coefficient (Wildman–Crippen LogP) is 3.58. The van der Waals surface area contributed by atoms with E-state index in [2.05, 4.69) is 32.2 Å². The zero-order valence-corrected chi connectivity index (χ0v) is 19.5. The van der Waals surface area contributed by atoms with Gasteiger partial charge in [-0.15, -0.1) is 0 Å². The standard InChI is InChI=1S/C20H20Cl3N9/c1-8(28-19-16(23)18(25)29-10(3)30-19)20-31-17-12(22)5-4-11(21)15(17)9(2)32(20)14-7-26-13(24)6-27-14/h4-8,18,28H,2,25H2,1,3H3,(H2,24,26)(H,29,30)/t8-,18?/m0/s1. The predicted molar refractivity (Wildman–Crippen MR) is 131 cm³/mol. The number of rotatable bonds is 4. The summed E-state index contributed by atoms with van der Waals surface area (Å²) in [5.74, 6) is 2.45. The number of hydrogen-bond acceptors (Lipinski definition) is 9. The van der Waals surface area contributed by atoms with Gasteiger partial charge in [-0.25, -0.2) is 20.0 Å². The van der Waals surface area contributed by atoms with Crippen LogP contribution in [-0.2, 0) is 0 Å². The largest absolute Gasteiger partial charge is 0.382 e. The van der Waals surface area contributed by atoms with Gasteiger partial charge in [0.15, 0.2) is 5.82 Å². The Morgan fingerprint density at radius 2 is 1.91 bits per heavy atom. The van der Waals surface area contributed by atoms with Gasteiger partial charge in [-0.3, -0.25) is 4.90 Å². The van der Waals surface area contributed by atoms with Crippen molar-refractivity contribution in [2.24, 2.45) is 15.7 Å². The highest BCUT2D eigenvalue weighted by molar-refractivity contribution is 6.38. The van der Waals surface area contributed by atoms with Gasteiger partial charge in [0.2, 0.25) is 0 Å². The fourth-order valence-electron chi connectivity index (χ4n) is 3.40. The minimum atomic E-state index is -0.663. The van der Waals surface area contributed by atoms with Gasteiger partial charge in [0.1, 0.15) is 29.5 Å². The van der Waals surface area contributed by atoms with E-state index < -0.39 is 12.2 Å². The zero-order chi connectivity index (χ0) is 23.2. The number of nitrogen functional groups attached to an aromatic ring is 1. The Balaban J connectivity index is 1.81. The van der Waals surface area contributed by atoms with Gasteiger partial charge in [-0.2, -0.15) is 0 Å². The van der Waals surface area contributed by atoms with Gasteiger partial charge >= 0.3 is 0 Å². The molecule has 0 spiro atoms. The number of amidine groups is 2. The molecule has 0 fully saturated rings. The SMILES string of the molecule is C=C1c2c(Cl)ccc(Cl)c2N=C([C@H](C)NC2=C(Cl)C(N)N=C(C)N2)N1c1cnc(N)cn1. The van der Waals surface area contributed by atoms with Crippen LogP contribution in [0.15, 0.2) is 51.9 Å². The minimum Gasteiger partial charge on any atom is -0.382 e. The van der Waals surface area contributed by atoms with E-state index in [1.54, 1.807) is 24.0 Å². The molecule has 6 N–H and O–H groups in total. The molecule has 3 heterocycles. The Bertz CT molecular complexity index is 1190. The maximum atomic E-state index is 6.47. The Kier molecular flexibility index (Phi) is 6.00. The van der Waals surface area contributed by atoms with Crippen molar-refractivity contribution in [3.8, 4) is 0 Å². The number of aliphatic imine (C=N–C) groups is 2. The van der Waals surface area contributed by atoms with E-state index in [0.717, 1.165) is 0 Å². The smallest absolute Gasteiger partial charge is 0.157 e. The number of nitrogens with zero attached hydrogens (tertiary/aromatic N) is 5. The number of benzene rings is 1. The summed E-state index contributed by atoms with van der Waals surface area (Å²) in [7, 11) is 0. The number of fused-ring (bicyclic) bond motifs is 1. The highest BCUT2D eigenvalue weighted by Gasteiger charge is 2.33. The Morgan fingerprint density at radius 1 is 1.19 bits per heavy atom. The van der Waals surface area contributed by atoms with Crippen LogP contribution in [0.25, 0.3) is 5.70 Å². The van der Waals surface area contributed by atoms with Crippen molar-refractivity contribution in [2.75, 3.05) is 10.6 Å². The van der Waals surface area contributed by atoms with E-state index in [4.69, 9.17) is 51.3 Å². The number of nitrogens with two attached hydrogens (primary N) is 2. The Morgan fingerprint density at radius 3 is 2.59 bits per heavy atom. The molecule has 4 rings (SSSR count). The third-order valence-corrected chi connectivity index (χ3v) is 5.90. The third kappa shape index (κ3) is 4.00. The van der Waals surface area contributed by atoms with Crippen molar-refractivity contribution in [1.29, 1.82) is 0 Å². The lowest BCUT2D eigenvalue weighted by molar-refractivity contribution is 0.677. The maximum absolute atomic E-state index is 6.47. The summed E-state index contributed by atoms with van der Waals surface area (Å²) in [6.07, 6.45) is 2.32. The molecule has 0 saturated heterocycles. The summed E-state index contributed by atoms with van der Waals surface area (Å²) in [5.41, 5.74) is 13.4. The Labute approximate surface area is 199 Å². The van der Waals surface area contributed by atoms with Crippen molar-refractivity contribution < 1.29 is 0 Å². The molecule has 12 heteroatoms. The first-order valence-corrected chi connectivity index (χ1v) is 10.7. The monoisotopic (exact) mass is 491 g/mol. The number of halogens is 3. The van der Waals surface area contributed by atoms with Crippen LogP contribution < -0.4 is 27.0 Å². The molecule has 32 heavy (non-hydrogen) atoms. The molecule has 0 saturated carbocycles. The van der Waals surface area contributed by atoms with Crippen molar-refractivity contribution in [1.82, 2.24) is 20.6 Å². The molecule has 0 aliphatic carbocycles. The summed E-state index contributed by atoms with van der Waals surface area (Å²) in [4.78, 5) is 19.3. The topological polar surface area (TPSA) is 130 Å². The summed E-state index contributed by atoms with van der Waals surface area (Å²) in [6, 6.07) is 2.99. The second-order valence-corrected chi connectivity index (χ2v) is 8.40. The molecule has 2 aliphatic rings. The molecule has 1 aromatic heterocycles. The average Bonchev–Trinajstić information content (AvgIpc) is 2.74. The van der Waals surface area contributed by atoms with Crippen LogP contribution in [0.2, 0.25) is 10.0 Å². The van der Waals surface area contributed by atoms with Gasteiger partial charge in [0.25, 0.3) is 0 Å². The lowest BCUT2D eigenvalue weighted by Crippen LogP contribution is -2.49.